The first-order chi connectivity index (χ1) is 14.5. The first kappa shape index (κ1) is 22.1. The van der Waals surface area contributed by atoms with Crippen molar-refractivity contribution in [2.75, 3.05) is 47.4 Å². The van der Waals surface area contributed by atoms with Gasteiger partial charge in [0, 0.05) is 53.2 Å². The van der Waals surface area contributed by atoms with E-state index in [-0.39, 0.29) is 36.4 Å². The van der Waals surface area contributed by atoms with Crippen molar-refractivity contribution >= 4 is 17.8 Å². The van der Waals surface area contributed by atoms with Gasteiger partial charge in [0.2, 0.25) is 11.8 Å². The summed E-state index contributed by atoms with van der Waals surface area (Å²) in [5.74, 6) is 0.772. The van der Waals surface area contributed by atoms with Crippen LogP contribution in [0.25, 0.3) is 0 Å². The highest BCUT2D eigenvalue weighted by molar-refractivity contribution is 5.85. The van der Waals surface area contributed by atoms with Crippen molar-refractivity contribution in [2.45, 2.75) is 31.4 Å². The molecule has 1 aromatic rings. The molecule has 0 spiro atoms. The van der Waals surface area contributed by atoms with Gasteiger partial charge in [0.15, 0.2) is 5.96 Å². The Bertz CT molecular complexity index is 746. The summed E-state index contributed by atoms with van der Waals surface area (Å²) in [4.78, 5) is 32.2. The minimum Gasteiger partial charge on any atom is -0.376 e. The molecule has 2 aliphatic heterocycles. The highest BCUT2D eigenvalue weighted by atomic mass is 16.5. The van der Waals surface area contributed by atoms with Gasteiger partial charge in [0.1, 0.15) is 6.54 Å². The lowest BCUT2D eigenvalue weighted by molar-refractivity contribution is -0.128. The molecule has 8 nitrogen and oxygen atoms in total. The Labute approximate surface area is 178 Å². The number of rotatable bonds is 7. The molecule has 2 amide bonds. The van der Waals surface area contributed by atoms with Crippen LogP contribution in [0.2, 0.25) is 0 Å². The van der Waals surface area contributed by atoms with E-state index in [9.17, 15) is 9.59 Å². The van der Waals surface area contributed by atoms with E-state index >= 15 is 0 Å². The second kappa shape index (κ2) is 10.4. The molecule has 8 heteroatoms. The van der Waals surface area contributed by atoms with Crippen LogP contribution in [-0.2, 0) is 14.3 Å². The van der Waals surface area contributed by atoms with Gasteiger partial charge in [-0.2, -0.15) is 0 Å². The number of carbonyl (C=O) groups excluding carboxylic acids is 2. The lowest BCUT2D eigenvalue weighted by Crippen LogP contribution is -2.44. The fourth-order valence-corrected chi connectivity index (χ4v) is 3.99. The molecule has 0 aromatic heterocycles. The van der Waals surface area contributed by atoms with E-state index in [1.54, 1.807) is 14.1 Å². The van der Waals surface area contributed by atoms with E-state index in [4.69, 9.17) is 4.74 Å². The summed E-state index contributed by atoms with van der Waals surface area (Å²) < 4.78 is 5.68. The number of likely N-dealkylation sites (N-methyl/N-ethyl adjacent to an activating group) is 1. The average Bonchev–Trinajstić information content (AvgIpc) is 3.36. The summed E-state index contributed by atoms with van der Waals surface area (Å²) >= 11 is 0. The molecule has 0 saturated carbocycles. The Kier molecular flexibility index (Phi) is 7.68. The second-order valence-corrected chi connectivity index (χ2v) is 8.17. The summed E-state index contributed by atoms with van der Waals surface area (Å²) in [7, 11) is 5.30. The molecular formula is C22H33N5O3. The number of nitrogens with one attached hydrogen (secondary N) is 2. The van der Waals surface area contributed by atoms with Gasteiger partial charge in [-0.3, -0.25) is 9.59 Å². The van der Waals surface area contributed by atoms with Crippen LogP contribution < -0.4 is 10.6 Å². The number of nitrogens with zero attached hydrogens (tertiary/aromatic N) is 3. The number of guanidine groups is 1. The molecule has 2 fully saturated rings. The van der Waals surface area contributed by atoms with Crippen molar-refractivity contribution in [3.8, 4) is 0 Å². The SMILES string of the molecule is CN(C)C(=O)CN=C(NCC1CCCO1)NCC1CC(=O)N(C)C1c1ccccc1. The summed E-state index contributed by atoms with van der Waals surface area (Å²) in [6.45, 7) is 2.09. The van der Waals surface area contributed by atoms with E-state index in [1.807, 2.05) is 30.1 Å². The van der Waals surface area contributed by atoms with Crippen LogP contribution in [0.4, 0.5) is 0 Å². The summed E-state index contributed by atoms with van der Waals surface area (Å²) in [6.07, 6.45) is 2.74. The van der Waals surface area contributed by atoms with Gasteiger partial charge in [0.25, 0.3) is 0 Å². The highest BCUT2D eigenvalue weighted by Gasteiger charge is 2.38. The fourth-order valence-electron chi connectivity index (χ4n) is 3.99. The Hall–Kier alpha value is -2.61. The maximum atomic E-state index is 12.4. The van der Waals surface area contributed by atoms with Gasteiger partial charge in [-0.25, -0.2) is 4.99 Å². The maximum absolute atomic E-state index is 12.4. The topological polar surface area (TPSA) is 86.3 Å². The summed E-state index contributed by atoms with van der Waals surface area (Å²) in [5.41, 5.74) is 1.13. The molecule has 0 radical (unpaired) electrons. The summed E-state index contributed by atoms with van der Waals surface area (Å²) in [5, 5.41) is 6.66. The zero-order valence-electron chi connectivity index (χ0n) is 18.1. The molecular weight excluding hydrogens is 382 g/mol. The van der Waals surface area contributed by atoms with Crippen LogP contribution in [0, 0.1) is 5.92 Å². The minimum atomic E-state index is -0.0637. The van der Waals surface area contributed by atoms with E-state index in [0.717, 1.165) is 25.0 Å². The van der Waals surface area contributed by atoms with Gasteiger partial charge >= 0.3 is 0 Å². The Morgan fingerprint density at radius 3 is 2.63 bits per heavy atom. The largest absolute Gasteiger partial charge is 0.376 e. The maximum Gasteiger partial charge on any atom is 0.243 e. The third kappa shape index (κ3) is 5.72. The fraction of sp³-hybridized carbons (Fsp3) is 0.591. The van der Waals surface area contributed by atoms with Crippen molar-refractivity contribution in [3.05, 3.63) is 35.9 Å². The molecule has 3 unspecified atom stereocenters. The lowest BCUT2D eigenvalue weighted by atomic mass is 9.94. The summed E-state index contributed by atoms with van der Waals surface area (Å²) in [6, 6.07) is 10.1. The zero-order valence-corrected chi connectivity index (χ0v) is 18.1. The van der Waals surface area contributed by atoms with Gasteiger partial charge in [-0.1, -0.05) is 30.3 Å². The van der Waals surface area contributed by atoms with E-state index in [1.165, 1.54) is 4.90 Å². The van der Waals surface area contributed by atoms with Crippen LogP contribution in [0.15, 0.2) is 35.3 Å². The number of hydrogen-bond acceptors (Lipinski definition) is 4. The third-order valence-corrected chi connectivity index (χ3v) is 5.76. The van der Waals surface area contributed by atoms with Crippen LogP contribution in [0.1, 0.15) is 30.9 Å². The number of likely N-dealkylation sites (tertiary alicyclic amines) is 1. The predicted molar refractivity (Wildman–Crippen MR) is 116 cm³/mol. The number of hydrogen-bond donors (Lipinski definition) is 2. The van der Waals surface area contributed by atoms with Crippen molar-refractivity contribution in [3.63, 3.8) is 0 Å². The quantitative estimate of drug-likeness (QED) is 0.513. The predicted octanol–water partition coefficient (Wildman–Crippen LogP) is 1.01. The third-order valence-electron chi connectivity index (χ3n) is 5.76. The highest BCUT2D eigenvalue weighted by Crippen LogP contribution is 2.36. The second-order valence-electron chi connectivity index (χ2n) is 8.17. The van der Waals surface area contributed by atoms with Gasteiger partial charge in [-0.15, -0.1) is 0 Å². The molecule has 2 saturated heterocycles. The van der Waals surface area contributed by atoms with E-state index in [2.05, 4.69) is 27.8 Å². The van der Waals surface area contributed by atoms with Crippen molar-refractivity contribution in [1.29, 1.82) is 0 Å². The zero-order chi connectivity index (χ0) is 21.5. The molecule has 0 bridgehead atoms. The van der Waals surface area contributed by atoms with Crippen LogP contribution in [-0.4, -0.2) is 81.1 Å². The molecule has 164 valence electrons. The number of ether oxygens (including phenoxy) is 1. The van der Waals surface area contributed by atoms with Crippen LogP contribution in [0.5, 0.6) is 0 Å². The van der Waals surface area contributed by atoms with Crippen LogP contribution >= 0.6 is 0 Å². The minimum absolute atomic E-state index is 0.0222. The number of amides is 2. The standard InChI is InChI=1S/C22H33N5O3/c1-26(2)20(29)15-25-22(24-14-18-10-7-11-30-18)23-13-17-12-19(28)27(3)21(17)16-8-5-4-6-9-16/h4-6,8-9,17-18,21H,7,10-15H2,1-3H3,(H2,23,24,25). The van der Waals surface area contributed by atoms with E-state index in [0.29, 0.717) is 25.5 Å². The van der Waals surface area contributed by atoms with Gasteiger partial charge < -0.3 is 25.2 Å². The van der Waals surface area contributed by atoms with Gasteiger partial charge in [-0.05, 0) is 18.4 Å². The Balaban J connectivity index is 1.65. The molecule has 0 aliphatic carbocycles. The smallest absolute Gasteiger partial charge is 0.243 e. The molecule has 2 heterocycles. The van der Waals surface area contributed by atoms with E-state index < -0.39 is 0 Å². The normalized spacial score (nSPS) is 24.2. The van der Waals surface area contributed by atoms with Crippen molar-refractivity contribution < 1.29 is 14.3 Å². The van der Waals surface area contributed by atoms with Crippen molar-refractivity contribution in [1.82, 2.24) is 20.4 Å². The first-order valence-corrected chi connectivity index (χ1v) is 10.6. The molecule has 30 heavy (non-hydrogen) atoms. The number of aliphatic imine (C=N–C) groups is 1. The molecule has 3 atom stereocenters. The Morgan fingerprint density at radius 1 is 1.23 bits per heavy atom. The first-order valence-electron chi connectivity index (χ1n) is 10.6. The Morgan fingerprint density at radius 2 is 1.97 bits per heavy atom. The molecule has 2 aliphatic rings. The average molecular weight is 416 g/mol. The number of carbonyl (C=O) groups is 2. The lowest BCUT2D eigenvalue weighted by Gasteiger charge is -2.26. The van der Waals surface area contributed by atoms with Crippen molar-refractivity contribution in [2.24, 2.45) is 10.9 Å². The molecule has 3 rings (SSSR count). The van der Waals surface area contributed by atoms with Crippen LogP contribution in [0.3, 0.4) is 0 Å². The number of benzene rings is 1. The molecule has 2 N–H and O–H groups in total. The van der Waals surface area contributed by atoms with Gasteiger partial charge in [0.05, 0.1) is 12.1 Å². The monoisotopic (exact) mass is 415 g/mol. The molecule has 1 aromatic carbocycles.